The predicted molar refractivity (Wildman–Crippen MR) is 236 cm³/mol. The number of fused-ring (bicyclic) bond motifs is 9. The van der Waals surface area contributed by atoms with Gasteiger partial charge in [-0.15, -0.1) is 0 Å². The van der Waals surface area contributed by atoms with Crippen LogP contribution in [0.5, 0.6) is 0 Å². The molecule has 0 N–H and O–H groups in total. The lowest BCUT2D eigenvalue weighted by molar-refractivity contribution is 1.13. The van der Waals surface area contributed by atoms with Crippen LogP contribution < -0.4 is 0 Å². The van der Waals surface area contributed by atoms with Gasteiger partial charge in [0.1, 0.15) is 5.65 Å². The standard InChI is InChI=1S/C53H33N3/c1-2-16-36(17-3-1)55-49-32-35(27-29-40(49)41-30-28-37(33-50(41)55)56-48-26-11-10-19-39(48)47-25-13-31-54-53(47)56)51-43-20-6-8-22-45(43)52(46-23-9-7-21-44(46)51)42-24-12-15-34-14-4-5-18-38(34)42/h1-33H. The molecule has 12 aromatic rings. The molecule has 0 spiro atoms. The smallest absolute Gasteiger partial charge is 0.145 e. The van der Waals surface area contributed by atoms with Gasteiger partial charge in [-0.2, -0.15) is 0 Å². The van der Waals surface area contributed by atoms with Crippen LogP contribution in [0.2, 0.25) is 0 Å². The fourth-order valence-corrected chi connectivity index (χ4v) is 9.39. The van der Waals surface area contributed by atoms with Crippen molar-refractivity contribution in [1.82, 2.24) is 14.1 Å². The van der Waals surface area contributed by atoms with E-state index in [0.717, 1.165) is 33.4 Å². The zero-order chi connectivity index (χ0) is 36.7. The molecule has 0 aliphatic rings. The van der Waals surface area contributed by atoms with Crippen molar-refractivity contribution < 1.29 is 0 Å². The van der Waals surface area contributed by atoms with E-state index in [1.54, 1.807) is 0 Å². The van der Waals surface area contributed by atoms with E-state index in [4.69, 9.17) is 4.98 Å². The lowest BCUT2D eigenvalue weighted by Gasteiger charge is -2.19. The number of benzene rings is 9. The first-order valence-corrected chi connectivity index (χ1v) is 19.2. The lowest BCUT2D eigenvalue weighted by Crippen LogP contribution is -1.97. The van der Waals surface area contributed by atoms with Crippen molar-refractivity contribution in [3.63, 3.8) is 0 Å². The zero-order valence-electron chi connectivity index (χ0n) is 30.4. The Morgan fingerprint density at radius 2 is 0.893 bits per heavy atom. The van der Waals surface area contributed by atoms with E-state index >= 15 is 0 Å². The van der Waals surface area contributed by atoms with Crippen LogP contribution in [0.4, 0.5) is 0 Å². The summed E-state index contributed by atoms with van der Waals surface area (Å²) in [5.74, 6) is 0. The van der Waals surface area contributed by atoms with Crippen LogP contribution in [-0.2, 0) is 0 Å². The number of pyridine rings is 1. The highest BCUT2D eigenvalue weighted by Crippen LogP contribution is 2.46. The van der Waals surface area contributed by atoms with Gasteiger partial charge in [-0.25, -0.2) is 4.98 Å². The summed E-state index contributed by atoms with van der Waals surface area (Å²) in [6.45, 7) is 0. The lowest BCUT2D eigenvalue weighted by atomic mass is 9.84. The van der Waals surface area contributed by atoms with Gasteiger partial charge < -0.3 is 4.57 Å². The molecular formula is C53H33N3. The number of hydrogen-bond acceptors (Lipinski definition) is 1. The molecule has 0 fully saturated rings. The summed E-state index contributed by atoms with van der Waals surface area (Å²) in [5, 5.41) is 12.3. The fraction of sp³-hybridized carbons (Fsp3) is 0. The maximum atomic E-state index is 4.89. The summed E-state index contributed by atoms with van der Waals surface area (Å²) < 4.78 is 4.74. The van der Waals surface area contributed by atoms with Gasteiger partial charge in [0.2, 0.25) is 0 Å². The second-order valence-electron chi connectivity index (χ2n) is 14.7. The van der Waals surface area contributed by atoms with E-state index in [1.165, 1.54) is 76.2 Å². The molecule has 3 heterocycles. The van der Waals surface area contributed by atoms with Gasteiger partial charge in [0.15, 0.2) is 0 Å². The molecule has 0 saturated carbocycles. The average molecular weight is 712 g/mol. The Kier molecular flexibility index (Phi) is 6.63. The molecular weight excluding hydrogens is 679 g/mol. The molecule has 260 valence electrons. The van der Waals surface area contributed by atoms with Gasteiger partial charge in [0.05, 0.1) is 16.6 Å². The van der Waals surface area contributed by atoms with Gasteiger partial charge in [0.25, 0.3) is 0 Å². The SMILES string of the molecule is c1ccc(-n2c3cc(-c4c5ccccc5c(-c5cccc6ccccc56)c5ccccc45)ccc3c3ccc(-n4c5ccccc5c5cccnc54)cc32)cc1. The molecule has 56 heavy (non-hydrogen) atoms. The Morgan fingerprint density at radius 1 is 0.321 bits per heavy atom. The Hall–Kier alpha value is -7.49. The molecule has 0 atom stereocenters. The van der Waals surface area contributed by atoms with Crippen molar-refractivity contribution in [3.05, 3.63) is 200 Å². The third kappa shape index (κ3) is 4.43. The summed E-state index contributed by atoms with van der Waals surface area (Å²) in [4.78, 5) is 4.89. The van der Waals surface area contributed by atoms with Crippen molar-refractivity contribution in [2.75, 3.05) is 0 Å². The van der Waals surface area contributed by atoms with Gasteiger partial charge in [-0.05, 0) is 103 Å². The second kappa shape index (κ2) is 12.0. The van der Waals surface area contributed by atoms with Crippen LogP contribution >= 0.6 is 0 Å². The number of aromatic nitrogens is 3. The Bertz CT molecular complexity index is 3420. The molecule has 0 unspecified atom stereocenters. The van der Waals surface area contributed by atoms with Gasteiger partial charge in [0, 0.05) is 39.1 Å². The van der Waals surface area contributed by atoms with Crippen LogP contribution in [0, 0.1) is 0 Å². The topological polar surface area (TPSA) is 22.8 Å². The van der Waals surface area contributed by atoms with Crippen LogP contribution in [0.15, 0.2) is 200 Å². The highest BCUT2D eigenvalue weighted by molar-refractivity contribution is 6.24. The van der Waals surface area contributed by atoms with Crippen molar-refractivity contribution in [2.45, 2.75) is 0 Å². The summed E-state index contributed by atoms with van der Waals surface area (Å²) in [5.41, 5.74) is 11.6. The minimum absolute atomic E-state index is 0.961. The van der Waals surface area contributed by atoms with Crippen molar-refractivity contribution in [3.8, 4) is 33.6 Å². The maximum absolute atomic E-state index is 4.89. The molecule has 3 aromatic heterocycles. The van der Waals surface area contributed by atoms with Gasteiger partial charge in [-0.1, -0.05) is 146 Å². The highest BCUT2D eigenvalue weighted by atomic mass is 15.1. The van der Waals surface area contributed by atoms with Crippen LogP contribution in [0.25, 0.3) is 110 Å². The Labute approximate surface area is 322 Å². The van der Waals surface area contributed by atoms with E-state index in [0.29, 0.717) is 0 Å². The molecule has 0 bridgehead atoms. The monoisotopic (exact) mass is 711 g/mol. The van der Waals surface area contributed by atoms with E-state index in [-0.39, 0.29) is 0 Å². The first-order chi connectivity index (χ1) is 27.8. The van der Waals surface area contributed by atoms with E-state index in [9.17, 15) is 0 Å². The Morgan fingerprint density at radius 3 is 1.66 bits per heavy atom. The summed E-state index contributed by atoms with van der Waals surface area (Å²) in [6.07, 6.45) is 1.89. The fourth-order valence-electron chi connectivity index (χ4n) is 9.39. The van der Waals surface area contributed by atoms with Gasteiger partial charge in [-0.3, -0.25) is 4.57 Å². The van der Waals surface area contributed by atoms with Crippen molar-refractivity contribution >= 4 is 76.1 Å². The molecule has 0 amide bonds. The maximum Gasteiger partial charge on any atom is 0.145 e. The van der Waals surface area contributed by atoms with Crippen molar-refractivity contribution in [2.24, 2.45) is 0 Å². The van der Waals surface area contributed by atoms with Crippen LogP contribution in [-0.4, -0.2) is 14.1 Å². The molecule has 0 radical (unpaired) electrons. The second-order valence-corrected chi connectivity index (χ2v) is 14.7. The molecule has 3 heteroatoms. The first kappa shape index (κ1) is 30.9. The number of nitrogens with zero attached hydrogens (tertiary/aromatic N) is 3. The normalized spacial score (nSPS) is 11.9. The number of rotatable bonds is 4. The van der Waals surface area contributed by atoms with Crippen LogP contribution in [0.3, 0.4) is 0 Å². The third-order valence-corrected chi connectivity index (χ3v) is 11.7. The summed E-state index contributed by atoms with van der Waals surface area (Å²) >= 11 is 0. The third-order valence-electron chi connectivity index (χ3n) is 11.7. The molecule has 12 rings (SSSR count). The largest absolute Gasteiger partial charge is 0.309 e. The number of hydrogen-bond donors (Lipinski definition) is 0. The predicted octanol–water partition coefficient (Wildman–Crippen LogP) is 14.1. The quantitative estimate of drug-likeness (QED) is 0.167. The highest BCUT2D eigenvalue weighted by Gasteiger charge is 2.21. The molecule has 0 aliphatic carbocycles. The average Bonchev–Trinajstić information content (AvgIpc) is 3.77. The molecule has 3 nitrogen and oxygen atoms in total. The first-order valence-electron chi connectivity index (χ1n) is 19.2. The van der Waals surface area contributed by atoms with E-state index < -0.39 is 0 Å². The minimum Gasteiger partial charge on any atom is -0.309 e. The molecule has 0 saturated heterocycles. The minimum atomic E-state index is 0.961. The number of para-hydroxylation sites is 2. The summed E-state index contributed by atoms with van der Waals surface area (Å²) in [7, 11) is 0. The van der Waals surface area contributed by atoms with Gasteiger partial charge >= 0.3 is 0 Å². The summed E-state index contributed by atoms with van der Waals surface area (Å²) in [6, 6.07) is 70.8. The van der Waals surface area contributed by atoms with E-state index in [1.807, 2.05) is 12.3 Å². The molecule has 9 aromatic carbocycles. The molecule has 0 aliphatic heterocycles. The van der Waals surface area contributed by atoms with Crippen molar-refractivity contribution in [1.29, 1.82) is 0 Å². The zero-order valence-corrected chi connectivity index (χ0v) is 30.4. The van der Waals surface area contributed by atoms with Crippen LogP contribution in [0.1, 0.15) is 0 Å². The van der Waals surface area contributed by atoms with E-state index in [2.05, 4.69) is 197 Å². The Balaban J connectivity index is 1.15.